The molecular weight excluding hydrogens is 360 g/mol. The number of hydrogen-bond donors (Lipinski definition) is 0. The van der Waals surface area contributed by atoms with Crippen LogP contribution in [0.2, 0.25) is 0 Å². The van der Waals surface area contributed by atoms with Gasteiger partial charge in [0.1, 0.15) is 6.61 Å². The number of oxime groups is 1. The molecule has 146 valence electrons. The zero-order chi connectivity index (χ0) is 20.4. The Morgan fingerprint density at radius 3 is 2.21 bits per heavy atom. The van der Waals surface area contributed by atoms with Gasteiger partial charge in [-0.2, -0.15) is 0 Å². The van der Waals surface area contributed by atoms with Crippen LogP contribution in [0, 0.1) is 0 Å². The van der Waals surface area contributed by atoms with Crippen LogP contribution in [0.5, 0.6) is 0 Å². The number of carbonyl (C=O) groups is 1. The lowest BCUT2D eigenvalue weighted by molar-refractivity contribution is -0.111. The molecule has 0 bridgehead atoms. The molecule has 0 N–H and O–H groups in total. The van der Waals surface area contributed by atoms with Crippen LogP contribution in [-0.4, -0.2) is 11.6 Å². The fraction of sp³-hybridized carbons (Fsp3) is 0.200. The number of para-hydroxylation sites is 2. The predicted molar refractivity (Wildman–Crippen MR) is 116 cm³/mol. The number of carbonyl (C=O) groups excluding carboxylic acids is 1. The zero-order valence-corrected chi connectivity index (χ0v) is 16.9. The first-order valence-corrected chi connectivity index (χ1v) is 9.73. The molecule has 1 heterocycles. The van der Waals surface area contributed by atoms with E-state index in [1.54, 1.807) is 4.90 Å². The minimum Gasteiger partial charge on any atom is -0.390 e. The van der Waals surface area contributed by atoms with Crippen molar-refractivity contribution in [1.29, 1.82) is 0 Å². The topological polar surface area (TPSA) is 41.9 Å². The number of nitrogens with zero attached hydrogens (tertiary/aromatic N) is 2. The van der Waals surface area contributed by atoms with Crippen LogP contribution >= 0.6 is 0 Å². The highest BCUT2D eigenvalue weighted by atomic mass is 16.6. The van der Waals surface area contributed by atoms with Crippen molar-refractivity contribution >= 4 is 23.0 Å². The predicted octanol–water partition coefficient (Wildman–Crippen LogP) is 5.58. The van der Waals surface area contributed by atoms with Crippen molar-refractivity contribution in [1.82, 2.24) is 0 Å². The van der Waals surface area contributed by atoms with Gasteiger partial charge >= 0.3 is 0 Å². The quantitative estimate of drug-likeness (QED) is 0.551. The van der Waals surface area contributed by atoms with Gasteiger partial charge in [0.2, 0.25) is 0 Å². The molecule has 1 amide bonds. The Labute approximate surface area is 171 Å². The molecular formula is C25H24N2O2. The van der Waals surface area contributed by atoms with Gasteiger partial charge in [0, 0.05) is 11.3 Å². The molecule has 4 nitrogen and oxygen atoms in total. The van der Waals surface area contributed by atoms with E-state index in [4.69, 9.17) is 4.84 Å². The van der Waals surface area contributed by atoms with Crippen LogP contribution in [0.25, 0.3) is 0 Å². The lowest BCUT2D eigenvalue weighted by Gasteiger charge is -2.19. The van der Waals surface area contributed by atoms with E-state index in [1.165, 1.54) is 5.56 Å². The highest BCUT2D eigenvalue weighted by molar-refractivity contribution is 6.55. The molecule has 0 atom stereocenters. The van der Waals surface area contributed by atoms with Gasteiger partial charge in [0.05, 0.1) is 5.69 Å². The highest BCUT2D eigenvalue weighted by Gasteiger charge is 2.35. The minimum atomic E-state index is -0.180. The van der Waals surface area contributed by atoms with Crippen LogP contribution in [-0.2, 0) is 21.7 Å². The maximum atomic E-state index is 13.1. The molecule has 1 aliphatic heterocycles. The van der Waals surface area contributed by atoms with Crippen molar-refractivity contribution < 1.29 is 9.63 Å². The van der Waals surface area contributed by atoms with Gasteiger partial charge in [-0.1, -0.05) is 86.6 Å². The monoisotopic (exact) mass is 384 g/mol. The maximum Gasteiger partial charge on any atom is 0.285 e. The van der Waals surface area contributed by atoms with E-state index in [2.05, 4.69) is 38.1 Å². The summed E-state index contributed by atoms with van der Waals surface area (Å²) >= 11 is 0. The van der Waals surface area contributed by atoms with Gasteiger partial charge < -0.3 is 4.84 Å². The molecule has 3 aromatic carbocycles. The third-order valence-corrected chi connectivity index (χ3v) is 5.03. The molecule has 0 unspecified atom stereocenters. The van der Waals surface area contributed by atoms with Crippen LogP contribution in [0.4, 0.5) is 11.4 Å². The Kier molecular flexibility index (Phi) is 4.93. The highest BCUT2D eigenvalue weighted by Crippen LogP contribution is 2.35. The van der Waals surface area contributed by atoms with Crippen molar-refractivity contribution in [3.05, 3.63) is 95.6 Å². The minimum absolute atomic E-state index is 0.112. The van der Waals surface area contributed by atoms with E-state index in [0.717, 1.165) is 22.5 Å². The number of fused-ring (bicyclic) bond motifs is 1. The first kappa shape index (κ1) is 18.9. The van der Waals surface area contributed by atoms with Crippen molar-refractivity contribution in [3.8, 4) is 0 Å². The molecule has 0 aliphatic carbocycles. The van der Waals surface area contributed by atoms with E-state index in [-0.39, 0.29) is 11.3 Å². The standard InChI is InChI=1S/C25H24N2O2/c1-25(2,3)19-15-13-18(14-16-19)17-29-26-23-21-11-7-8-12-22(21)27(24(23)28)20-9-5-4-6-10-20/h4-16H,17H2,1-3H3/b26-23-. The fourth-order valence-corrected chi connectivity index (χ4v) is 3.39. The summed E-state index contributed by atoms with van der Waals surface area (Å²) in [6, 6.07) is 25.5. The summed E-state index contributed by atoms with van der Waals surface area (Å²) in [6.45, 7) is 6.87. The smallest absolute Gasteiger partial charge is 0.285 e. The Bertz CT molecular complexity index is 1050. The largest absolute Gasteiger partial charge is 0.390 e. The number of benzene rings is 3. The van der Waals surface area contributed by atoms with Gasteiger partial charge in [-0.25, -0.2) is 0 Å². The molecule has 0 saturated heterocycles. The van der Waals surface area contributed by atoms with E-state index in [1.807, 2.05) is 66.7 Å². The normalized spacial score (nSPS) is 14.9. The Morgan fingerprint density at radius 2 is 1.52 bits per heavy atom. The summed E-state index contributed by atoms with van der Waals surface area (Å²) in [7, 11) is 0. The van der Waals surface area contributed by atoms with E-state index in [0.29, 0.717) is 12.3 Å². The average Bonchev–Trinajstić information content (AvgIpc) is 3.00. The summed E-state index contributed by atoms with van der Waals surface area (Å²) in [5, 5.41) is 4.21. The summed E-state index contributed by atoms with van der Waals surface area (Å²) in [5.41, 5.74) is 5.14. The Morgan fingerprint density at radius 1 is 0.862 bits per heavy atom. The summed E-state index contributed by atoms with van der Waals surface area (Å²) in [4.78, 5) is 20.3. The summed E-state index contributed by atoms with van der Waals surface area (Å²) in [6.07, 6.45) is 0. The first-order valence-electron chi connectivity index (χ1n) is 9.73. The average molecular weight is 384 g/mol. The van der Waals surface area contributed by atoms with E-state index in [9.17, 15) is 4.79 Å². The number of amides is 1. The van der Waals surface area contributed by atoms with Crippen LogP contribution in [0.1, 0.15) is 37.5 Å². The SMILES string of the molecule is CC(C)(C)c1ccc(CO/N=C2\C(=O)N(c3ccccc3)c3ccccc32)cc1. The molecule has 1 aliphatic rings. The van der Waals surface area contributed by atoms with Crippen LogP contribution in [0.3, 0.4) is 0 Å². The number of hydrogen-bond acceptors (Lipinski definition) is 3. The molecule has 0 saturated carbocycles. The number of rotatable bonds is 4. The van der Waals surface area contributed by atoms with Gasteiger partial charge in [0.25, 0.3) is 5.91 Å². The zero-order valence-electron chi connectivity index (χ0n) is 16.9. The second kappa shape index (κ2) is 7.55. The molecule has 3 aromatic rings. The van der Waals surface area contributed by atoms with E-state index < -0.39 is 0 Å². The van der Waals surface area contributed by atoms with Gasteiger partial charge in [0.15, 0.2) is 5.71 Å². The van der Waals surface area contributed by atoms with Crippen molar-refractivity contribution in [2.45, 2.75) is 32.8 Å². The second-order valence-corrected chi connectivity index (χ2v) is 8.15. The lowest BCUT2D eigenvalue weighted by atomic mass is 9.87. The van der Waals surface area contributed by atoms with E-state index >= 15 is 0 Å². The summed E-state index contributed by atoms with van der Waals surface area (Å²) in [5.74, 6) is -0.180. The Hall–Kier alpha value is -3.40. The van der Waals surface area contributed by atoms with Gasteiger partial charge in [-0.05, 0) is 34.7 Å². The molecule has 0 fully saturated rings. The third-order valence-electron chi connectivity index (χ3n) is 5.03. The second-order valence-electron chi connectivity index (χ2n) is 8.15. The molecule has 0 aromatic heterocycles. The lowest BCUT2D eigenvalue weighted by Crippen LogP contribution is -2.25. The Balaban J connectivity index is 1.55. The first-order chi connectivity index (χ1) is 13.9. The van der Waals surface area contributed by atoms with Crippen molar-refractivity contribution in [2.75, 3.05) is 4.90 Å². The van der Waals surface area contributed by atoms with Crippen LogP contribution in [0.15, 0.2) is 84.0 Å². The molecule has 29 heavy (non-hydrogen) atoms. The summed E-state index contributed by atoms with van der Waals surface area (Å²) < 4.78 is 0. The molecule has 0 spiro atoms. The van der Waals surface area contributed by atoms with Crippen LogP contribution < -0.4 is 4.90 Å². The number of anilines is 2. The van der Waals surface area contributed by atoms with Crippen molar-refractivity contribution in [3.63, 3.8) is 0 Å². The molecule has 4 rings (SSSR count). The van der Waals surface area contributed by atoms with Crippen molar-refractivity contribution in [2.24, 2.45) is 5.16 Å². The molecule has 0 radical (unpaired) electrons. The maximum absolute atomic E-state index is 13.1. The van der Waals surface area contributed by atoms with Gasteiger partial charge in [-0.15, -0.1) is 0 Å². The van der Waals surface area contributed by atoms with Gasteiger partial charge in [-0.3, -0.25) is 9.69 Å². The third kappa shape index (κ3) is 3.79. The fourth-order valence-electron chi connectivity index (χ4n) is 3.39. The molecule has 4 heteroatoms.